The van der Waals surface area contributed by atoms with Gasteiger partial charge in [0.25, 0.3) is 5.91 Å². The number of aryl methyl sites for hydroxylation is 1. The Labute approximate surface area is 128 Å². The van der Waals surface area contributed by atoms with Crippen molar-refractivity contribution in [3.05, 3.63) is 65.2 Å². The first kappa shape index (κ1) is 16.1. The van der Waals surface area contributed by atoms with Crippen LogP contribution in [0.4, 0.5) is 14.5 Å². The maximum absolute atomic E-state index is 13.2. The molecule has 1 amide bonds. The molecule has 3 nitrogen and oxygen atoms in total. The second-order valence-electron chi connectivity index (χ2n) is 5.27. The van der Waals surface area contributed by atoms with E-state index in [-0.39, 0.29) is 18.5 Å². The van der Waals surface area contributed by atoms with Gasteiger partial charge in [0, 0.05) is 11.3 Å². The van der Waals surface area contributed by atoms with E-state index in [9.17, 15) is 13.6 Å². The topological polar surface area (TPSA) is 45.7 Å². The summed E-state index contributed by atoms with van der Waals surface area (Å²) in [6, 6.07) is 11.2. The SMILES string of the molecule is Cc1ccccc1NC(=O)C[NH2+][C@H](C)c1ccc(F)c(F)c1. The largest absolute Gasteiger partial charge is 0.333 e. The molecule has 0 aromatic heterocycles. The molecule has 116 valence electrons. The fourth-order valence-electron chi connectivity index (χ4n) is 2.13. The predicted octanol–water partition coefficient (Wildman–Crippen LogP) is 2.54. The summed E-state index contributed by atoms with van der Waals surface area (Å²) in [4.78, 5) is 11.9. The molecule has 3 N–H and O–H groups in total. The molecule has 0 saturated heterocycles. The number of carbonyl (C=O) groups excluding carboxylic acids is 1. The molecule has 0 fully saturated rings. The van der Waals surface area contributed by atoms with E-state index in [0.717, 1.165) is 23.4 Å². The van der Waals surface area contributed by atoms with Crippen molar-refractivity contribution in [1.82, 2.24) is 0 Å². The average Bonchev–Trinajstić information content (AvgIpc) is 2.50. The van der Waals surface area contributed by atoms with Crippen LogP contribution in [0, 0.1) is 18.6 Å². The lowest BCUT2D eigenvalue weighted by molar-refractivity contribution is -0.682. The van der Waals surface area contributed by atoms with E-state index in [0.29, 0.717) is 5.56 Å². The van der Waals surface area contributed by atoms with Crippen molar-refractivity contribution in [3.8, 4) is 0 Å². The Morgan fingerprint density at radius 3 is 2.59 bits per heavy atom. The maximum Gasteiger partial charge on any atom is 0.279 e. The van der Waals surface area contributed by atoms with Gasteiger partial charge in [0.15, 0.2) is 18.2 Å². The van der Waals surface area contributed by atoms with Crippen LogP contribution in [0.3, 0.4) is 0 Å². The van der Waals surface area contributed by atoms with Crippen molar-refractivity contribution in [2.45, 2.75) is 19.9 Å². The molecule has 22 heavy (non-hydrogen) atoms. The summed E-state index contributed by atoms with van der Waals surface area (Å²) in [5, 5.41) is 4.61. The van der Waals surface area contributed by atoms with Crippen molar-refractivity contribution in [3.63, 3.8) is 0 Å². The monoisotopic (exact) mass is 305 g/mol. The summed E-state index contributed by atoms with van der Waals surface area (Å²) in [5.74, 6) is -1.88. The van der Waals surface area contributed by atoms with Gasteiger partial charge in [-0.15, -0.1) is 0 Å². The predicted molar refractivity (Wildman–Crippen MR) is 81.4 cm³/mol. The molecule has 0 aliphatic rings. The molecule has 2 aromatic carbocycles. The number of quaternary nitrogens is 1. The Balaban J connectivity index is 1.90. The smallest absolute Gasteiger partial charge is 0.279 e. The first-order chi connectivity index (χ1) is 10.5. The van der Waals surface area contributed by atoms with Crippen LogP contribution in [-0.2, 0) is 4.79 Å². The number of hydrogen-bond donors (Lipinski definition) is 2. The second-order valence-corrected chi connectivity index (χ2v) is 5.27. The first-order valence-electron chi connectivity index (χ1n) is 7.11. The molecule has 0 spiro atoms. The van der Waals surface area contributed by atoms with Gasteiger partial charge in [-0.2, -0.15) is 0 Å². The van der Waals surface area contributed by atoms with Crippen LogP contribution in [0.25, 0.3) is 0 Å². The number of rotatable bonds is 5. The van der Waals surface area contributed by atoms with Crippen LogP contribution < -0.4 is 10.6 Å². The van der Waals surface area contributed by atoms with E-state index in [1.165, 1.54) is 6.07 Å². The summed E-state index contributed by atoms with van der Waals surface area (Å²) >= 11 is 0. The van der Waals surface area contributed by atoms with Gasteiger partial charge in [0.2, 0.25) is 0 Å². The number of amides is 1. The zero-order chi connectivity index (χ0) is 16.1. The third-order valence-electron chi connectivity index (χ3n) is 3.55. The molecule has 1 atom stereocenters. The van der Waals surface area contributed by atoms with Crippen molar-refractivity contribution in [1.29, 1.82) is 0 Å². The minimum atomic E-state index is -0.873. The highest BCUT2D eigenvalue weighted by molar-refractivity contribution is 5.92. The summed E-state index contributed by atoms with van der Waals surface area (Å²) in [5.41, 5.74) is 2.41. The lowest BCUT2D eigenvalue weighted by Gasteiger charge is -2.12. The second kappa shape index (κ2) is 7.13. The normalized spacial score (nSPS) is 12.0. The van der Waals surface area contributed by atoms with Crippen LogP contribution in [0.2, 0.25) is 0 Å². The third kappa shape index (κ3) is 4.11. The minimum absolute atomic E-state index is 0.135. The van der Waals surface area contributed by atoms with Crippen LogP contribution >= 0.6 is 0 Å². The molecular weight excluding hydrogens is 286 g/mol. The van der Waals surface area contributed by atoms with E-state index >= 15 is 0 Å². The van der Waals surface area contributed by atoms with Gasteiger partial charge < -0.3 is 10.6 Å². The van der Waals surface area contributed by atoms with E-state index in [4.69, 9.17) is 0 Å². The van der Waals surface area contributed by atoms with Gasteiger partial charge in [0.1, 0.15) is 6.04 Å². The third-order valence-corrected chi connectivity index (χ3v) is 3.55. The molecule has 0 unspecified atom stereocenters. The number of nitrogens with one attached hydrogen (secondary N) is 1. The highest BCUT2D eigenvalue weighted by Gasteiger charge is 2.14. The molecule has 2 aromatic rings. The summed E-state index contributed by atoms with van der Waals surface area (Å²) in [6.07, 6.45) is 0. The zero-order valence-electron chi connectivity index (χ0n) is 12.6. The van der Waals surface area contributed by atoms with Gasteiger partial charge in [-0.05, 0) is 43.7 Å². The Morgan fingerprint density at radius 1 is 1.18 bits per heavy atom. The number of benzene rings is 2. The van der Waals surface area contributed by atoms with Gasteiger partial charge in [-0.1, -0.05) is 18.2 Å². The lowest BCUT2D eigenvalue weighted by Crippen LogP contribution is -2.86. The van der Waals surface area contributed by atoms with E-state index < -0.39 is 11.6 Å². The van der Waals surface area contributed by atoms with Crippen molar-refractivity contribution in [2.24, 2.45) is 0 Å². The highest BCUT2D eigenvalue weighted by Crippen LogP contribution is 2.14. The Kier molecular flexibility index (Phi) is 5.22. The Hall–Kier alpha value is -2.27. The van der Waals surface area contributed by atoms with Crippen LogP contribution in [0.15, 0.2) is 42.5 Å². The molecule has 2 rings (SSSR count). The molecule has 0 bridgehead atoms. The fourth-order valence-corrected chi connectivity index (χ4v) is 2.13. The molecule has 5 heteroatoms. The zero-order valence-corrected chi connectivity index (χ0v) is 12.6. The molecule has 0 saturated carbocycles. The van der Waals surface area contributed by atoms with Gasteiger partial charge in [-0.3, -0.25) is 4.79 Å². The lowest BCUT2D eigenvalue weighted by atomic mass is 10.1. The number of carbonyl (C=O) groups is 1. The highest BCUT2D eigenvalue weighted by atomic mass is 19.2. The number of halogens is 2. The average molecular weight is 305 g/mol. The summed E-state index contributed by atoms with van der Waals surface area (Å²) < 4.78 is 26.1. The van der Waals surface area contributed by atoms with Gasteiger partial charge >= 0.3 is 0 Å². The Bertz CT molecular complexity index is 673. The van der Waals surface area contributed by atoms with Crippen LogP contribution in [-0.4, -0.2) is 12.5 Å². The quantitative estimate of drug-likeness (QED) is 0.876. The molecule has 0 aliphatic carbocycles. The maximum atomic E-state index is 13.2. The van der Waals surface area contributed by atoms with E-state index in [1.54, 1.807) is 5.32 Å². The molecular formula is C17H19F2N2O+. The van der Waals surface area contributed by atoms with Crippen LogP contribution in [0.5, 0.6) is 0 Å². The molecule has 0 radical (unpaired) electrons. The van der Waals surface area contributed by atoms with E-state index in [2.05, 4.69) is 5.32 Å². The summed E-state index contributed by atoms with van der Waals surface area (Å²) in [7, 11) is 0. The van der Waals surface area contributed by atoms with Crippen molar-refractivity contribution in [2.75, 3.05) is 11.9 Å². The number of anilines is 1. The fraction of sp³-hybridized carbons (Fsp3) is 0.235. The van der Waals surface area contributed by atoms with Crippen molar-refractivity contribution < 1.29 is 18.9 Å². The van der Waals surface area contributed by atoms with Gasteiger partial charge in [-0.25, -0.2) is 8.78 Å². The minimum Gasteiger partial charge on any atom is -0.333 e. The Morgan fingerprint density at radius 2 is 1.91 bits per heavy atom. The number of nitrogens with two attached hydrogens (primary N) is 1. The first-order valence-corrected chi connectivity index (χ1v) is 7.11. The van der Waals surface area contributed by atoms with Gasteiger partial charge in [0.05, 0.1) is 0 Å². The summed E-state index contributed by atoms with van der Waals surface area (Å²) in [6.45, 7) is 3.96. The number of para-hydroxylation sites is 1. The molecule has 0 heterocycles. The standard InChI is InChI=1S/C17H18F2N2O/c1-11-5-3-4-6-16(11)21-17(22)10-20-12(2)13-7-8-14(18)15(19)9-13/h3-9,12,20H,10H2,1-2H3,(H,21,22)/p+1/t12-/m1/s1. The van der Waals surface area contributed by atoms with E-state index in [1.807, 2.05) is 38.1 Å². The number of hydrogen-bond acceptors (Lipinski definition) is 1. The molecule has 0 aliphatic heterocycles. The van der Waals surface area contributed by atoms with Crippen molar-refractivity contribution >= 4 is 11.6 Å². The van der Waals surface area contributed by atoms with Crippen LogP contribution in [0.1, 0.15) is 24.1 Å².